The lowest BCUT2D eigenvalue weighted by molar-refractivity contribution is 0.250. The molecule has 1 aliphatic carbocycles. The van der Waals surface area contributed by atoms with Gasteiger partial charge in [0.1, 0.15) is 18.1 Å². The molecule has 1 fully saturated rings. The lowest BCUT2D eigenvalue weighted by atomic mass is 10.2. The predicted octanol–water partition coefficient (Wildman–Crippen LogP) is 4.35. The molecule has 0 radical (unpaired) electrons. The molecular weight excluding hydrogens is 280 g/mol. The quantitative estimate of drug-likeness (QED) is 0.766. The van der Waals surface area contributed by atoms with E-state index in [0.29, 0.717) is 12.0 Å². The molecule has 3 heteroatoms. The highest BCUT2D eigenvalue weighted by Crippen LogP contribution is 2.46. The van der Waals surface area contributed by atoms with Crippen molar-refractivity contribution in [2.45, 2.75) is 19.4 Å². The molecule has 1 aliphatic rings. The van der Waals surface area contributed by atoms with E-state index < -0.39 is 0 Å². The highest BCUT2D eigenvalue weighted by Gasteiger charge is 2.42. The van der Waals surface area contributed by atoms with Crippen LogP contribution in [-0.4, -0.2) is 12.4 Å². The molecule has 0 saturated heterocycles. The van der Waals surface area contributed by atoms with Crippen molar-refractivity contribution in [3.8, 4) is 11.5 Å². The maximum Gasteiger partial charge on any atom is 0.120 e. The molecule has 1 saturated carbocycles. The first-order valence-corrected chi connectivity index (χ1v) is 7.93. The number of hydrogen-bond donors (Lipinski definition) is 1. The molecule has 0 aliphatic heterocycles. The van der Waals surface area contributed by atoms with E-state index in [2.05, 4.69) is 24.8 Å². The highest BCUT2D eigenvalue weighted by atomic mass is 32.1. The molecule has 2 nitrogen and oxygen atoms in total. The molecule has 0 N–H and O–H groups in total. The zero-order valence-electron chi connectivity index (χ0n) is 12.0. The van der Waals surface area contributed by atoms with Crippen LogP contribution in [0.3, 0.4) is 0 Å². The Balaban J connectivity index is 1.50. The number of rotatable bonds is 7. The summed E-state index contributed by atoms with van der Waals surface area (Å²) in [6, 6.07) is 18.0. The molecular formula is C18H20O2S. The smallest absolute Gasteiger partial charge is 0.120 e. The molecule has 0 amide bonds. The van der Waals surface area contributed by atoms with E-state index in [-0.39, 0.29) is 0 Å². The summed E-state index contributed by atoms with van der Waals surface area (Å²) in [5.74, 6) is 2.67. The molecule has 21 heavy (non-hydrogen) atoms. The van der Waals surface area contributed by atoms with Crippen LogP contribution in [0.5, 0.6) is 11.5 Å². The van der Waals surface area contributed by atoms with Crippen molar-refractivity contribution >= 4 is 12.6 Å². The second-order valence-corrected chi connectivity index (χ2v) is 6.01. The van der Waals surface area contributed by atoms with Crippen molar-refractivity contribution in [2.75, 3.05) is 12.4 Å². The maximum absolute atomic E-state index is 5.84. The molecule has 0 aromatic heterocycles. The standard InChI is InChI=1S/C18H20O2S/c21-14-18(10-11-18)13-20-17-8-6-16(7-9-17)19-12-15-4-2-1-3-5-15/h1-9,21H,10-14H2. The summed E-state index contributed by atoms with van der Waals surface area (Å²) in [5, 5.41) is 0. The Morgan fingerprint density at radius 2 is 1.48 bits per heavy atom. The summed E-state index contributed by atoms with van der Waals surface area (Å²) in [6.45, 7) is 1.35. The number of thiol groups is 1. The maximum atomic E-state index is 5.84. The summed E-state index contributed by atoms with van der Waals surface area (Å²) in [6.07, 6.45) is 2.46. The largest absolute Gasteiger partial charge is 0.493 e. The summed E-state index contributed by atoms with van der Waals surface area (Å²) in [7, 11) is 0. The van der Waals surface area contributed by atoms with Gasteiger partial charge in [0.25, 0.3) is 0 Å². The highest BCUT2D eigenvalue weighted by molar-refractivity contribution is 7.80. The molecule has 0 bridgehead atoms. The molecule has 0 unspecified atom stereocenters. The third kappa shape index (κ3) is 3.94. The Labute approximate surface area is 131 Å². The minimum absolute atomic E-state index is 0.325. The molecule has 2 aromatic carbocycles. The monoisotopic (exact) mass is 300 g/mol. The molecule has 0 heterocycles. The zero-order chi connectivity index (χ0) is 14.5. The van der Waals surface area contributed by atoms with E-state index >= 15 is 0 Å². The summed E-state index contributed by atoms with van der Waals surface area (Å²) in [4.78, 5) is 0. The van der Waals surface area contributed by atoms with Crippen LogP contribution in [0.15, 0.2) is 54.6 Å². The van der Waals surface area contributed by atoms with Crippen LogP contribution in [0.25, 0.3) is 0 Å². The van der Waals surface area contributed by atoms with Crippen LogP contribution in [0.2, 0.25) is 0 Å². The van der Waals surface area contributed by atoms with Gasteiger partial charge in [0.05, 0.1) is 6.61 Å². The summed E-state index contributed by atoms with van der Waals surface area (Å²) < 4.78 is 11.6. The minimum atomic E-state index is 0.325. The van der Waals surface area contributed by atoms with Crippen LogP contribution >= 0.6 is 12.6 Å². The van der Waals surface area contributed by atoms with Gasteiger partial charge in [-0.1, -0.05) is 30.3 Å². The van der Waals surface area contributed by atoms with Gasteiger partial charge in [-0.15, -0.1) is 0 Å². The summed E-state index contributed by atoms with van der Waals surface area (Å²) in [5.41, 5.74) is 1.49. The van der Waals surface area contributed by atoms with E-state index in [9.17, 15) is 0 Å². The SMILES string of the molecule is SCC1(COc2ccc(OCc3ccccc3)cc2)CC1. The van der Waals surface area contributed by atoms with Crippen LogP contribution < -0.4 is 9.47 Å². The minimum Gasteiger partial charge on any atom is -0.493 e. The average molecular weight is 300 g/mol. The van der Waals surface area contributed by atoms with Crippen molar-refractivity contribution in [1.29, 1.82) is 0 Å². The van der Waals surface area contributed by atoms with E-state index in [4.69, 9.17) is 9.47 Å². The Morgan fingerprint density at radius 1 is 0.857 bits per heavy atom. The lowest BCUT2D eigenvalue weighted by Crippen LogP contribution is -2.14. The molecule has 3 rings (SSSR count). The summed E-state index contributed by atoms with van der Waals surface area (Å²) >= 11 is 4.39. The Morgan fingerprint density at radius 3 is 2.05 bits per heavy atom. The lowest BCUT2D eigenvalue weighted by Gasteiger charge is -2.14. The van der Waals surface area contributed by atoms with Crippen molar-refractivity contribution in [3.05, 3.63) is 60.2 Å². The number of hydrogen-bond acceptors (Lipinski definition) is 3. The average Bonchev–Trinajstić information content (AvgIpc) is 3.34. The van der Waals surface area contributed by atoms with E-state index in [1.807, 2.05) is 42.5 Å². The van der Waals surface area contributed by atoms with Crippen molar-refractivity contribution in [3.63, 3.8) is 0 Å². The Hall–Kier alpha value is -1.61. The predicted molar refractivity (Wildman–Crippen MR) is 88.2 cm³/mol. The third-order valence-electron chi connectivity index (χ3n) is 3.91. The van der Waals surface area contributed by atoms with Gasteiger partial charge in [-0.2, -0.15) is 12.6 Å². The van der Waals surface area contributed by atoms with Crippen molar-refractivity contribution in [1.82, 2.24) is 0 Å². The second-order valence-electron chi connectivity index (χ2n) is 5.69. The first-order valence-electron chi connectivity index (χ1n) is 7.30. The van der Waals surface area contributed by atoms with Gasteiger partial charge >= 0.3 is 0 Å². The number of benzene rings is 2. The Bertz CT molecular complexity index is 562. The van der Waals surface area contributed by atoms with Gasteiger partial charge in [0, 0.05) is 5.41 Å². The van der Waals surface area contributed by atoms with Crippen LogP contribution in [0.4, 0.5) is 0 Å². The zero-order valence-corrected chi connectivity index (χ0v) is 12.9. The van der Waals surface area contributed by atoms with Gasteiger partial charge in [-0.3, -0.25) is 0 Å². The van der Waals surface area contributed by atoms with Gasteiger partial charge in [0.15, 0.2) is 0 Å². The van der Waals surface area contributed by atoms with E-state index in [1.165, 1.54) is 18.4 Å². The number of ether oxygens (including phenoxy) is 2. The van der Waals surface area contributed by atoms with Gasteiger partial charge in [-0.05, 0) is 48.4 Å². The second kappa shape index (κ2) is 6.44. The van der Waals surface area contributed by atoms with Crippen LogP contribution in [0, 0.1) is 5.41 Å². The fourth-order valence-electron chi connectivity index (χ4n) is 2.13. The van der Waals surface area contributed by atoms with E-state index in [0.717, 1.165) is 23.9 Å². The first-order chi connectivity index (χ1) is 10.3. The molecule has 0 atom stereocenters. The molecule has 0 spiro atoms. The van der Waals surface area contributed by atoms with Gasteiger partial charge < -0.3 is 9.47 Å². The van der Waals surface area contributed by atoms with E-state index in [1.54, 1.807) is 0 Å². The van der Waals surface area contributed by atoms with Crippen LogP contribution in [0.1, 0.15) is 18.4 Å². The topological polar surface area (TPSA) is 18.5 Å². The fraction of sp³-hybridized carbons (Fsp3) is 0.333. The van der Waals surface area contributed by atoms with Crippen LogP contribution in [-0.2, 0) is 6.61 Å². The normalized spacial score (nSPS) is 15.5. The van der Waals surface area contributed by atoms with Gasteiger partial charge in [0.2, 0.25) is 0 Å². The van der Waals surface area contributed by atoms with Gasteiger partial charge in [-0.25, -0.2) is 0 Å². The molecule has 110 valence electrons. The van der Waals surface area contributed by atoms with Crippen molar-refractivity contribution < 1.29 is 9.47 Å². The fourth-order valence-corrected chi connectivity index (χ4v) is 2.54. The first kappa shape index (κ1) is 14.3. The third-order valence-corrected chi connectivity index (χ3v) is 4.58. The van der Waals surface area contributed by atoms with Crippen molar-refractivity contribution in [2.24, 2.45) is 5.41 Å². The molecule has 2 aromatic rings. The Kier molecular flexibility index (Phi) is 4.39.